The Hall–Kier alpha value is -2.77. The van der Waals surface area contributed by atoms with Crippen LogP contribution in [-0.4, -0.2) is 47.7 Å². The minimum absolute atomic E-state index is 0.0159. The summed E-state index contributed by atoms with van der Waals surface area (Å²) in [6, 6.07) is 12.5. The number of ketones is 1. The highest BCUT2D eigenvalue weighted by Gasteiger charge is 2.25. The predicted molar refractivity (Wildman–Crippen MR) is 110 cm³/mol. The zero-order chi connectivity index (χ0) is 20.8. The van der Waals surface area contributed by atoms with Gasteiger partial charge in [-0.3, -0.25) is 19.7 Å². The number of amides is 1. The number of non-ortho nitro benzene ring substituents is 1. The minimum atomic E-state index is -0.497. The van der Waals surface area contributed by atoms with E-state index in [1.165, 1.54) is 24.3 Å². The normalized spacial score (nSPS) is 15.1. The molecule has 0 aromatic heterocycles. The first-order chi connectivity index (χ1) is 13.9. The van der Waals surface area contributed by atoms with E-state index in [-0.39, 0.29) is 23.3 Å². The Balaban J connectivity index is 1.40. The minimum Gasteiger partial charge on any atom is -0.351 e. The van der Waals surface area contributed by atoms with Gasteiger partial charge in [-0.15, -0.1) is 0 Å². The topological polar surface area (TPSA) is 92.6 Å². The maximum Gasteiger partial charge on any atom is 0.269 e. The van der Waals surface area contributed by atoms with Crippen LogP contribution < -0.4 is 5.32 Å². The van der Waals surface area contributed by atoms with Gasteiger partial charge in [-0.2, -0.15) is 0 Å². The van der Waals surface area contributed by atoms with Crippen molar-refractivity contribution in [3.8, 4) is 0 Å². The third kappa shape index (κ3) is 5.62. The van der Waals surface area contributed by atoms with Gasteiger partial charge in [-0.25, -0.2) is 0 Å². The SMILES string of the molecule is O=C(NCCN1CCC(C(=O)c2ccc(Cl)cc2)CC1)c1ccc([N+](=O)[O-])cc1. The van der Waals surface area contributed by atoms with Crippen molar-refractivity contribution < 1.29 is 14.5 Å². The molecule has 29 heavy (non-hydrogen) atoms. The predicted octanol–water partition coefficient (Wildman–Crippen LogP) is 3.57. The number of piperidine rings is 1. The Labute approximate surface area is 173 Å². The van der Waals surface area contributed by atoms with Crippen LogP contribution in [0.15, 0.2) is 48.5 Å². The van der Waals surface area contributed by atoms with Crippen molar-refractivity contribution in [3.05, 3.63) is 74.8 Å². The number of likely N-dealkylation sites (tertiary alicyclic amines) is 1. The number of hydrogen-bond acceptors (Lipinski definition) is 5. The maximum atomic E-state index is 12.6. The van der Waals surface area contributed by atoms with Crippen LogP contribution in [0.2, 0.25) is 5.02 Å². The standard InChI is InChI=1S/C21H22ClN3O4/c22-18-5-1-15(2-6-18)20(26)16-9-12-24(13-10-16)14-11-23-21(27)17-3-7-19(8-4-17)25(28)29/h1-8,16H,9-14H2,(H,23,27). The lowest BCUT2D eigenvalue weighted by atomic mass is 9.89. The summed E-state index contributed by atoms with van der Waals surface area (Å²) in [4.78, 5) is 37.1. The fraction of sp³-hybridized carbons (Fsp3) is 0.333. The third-order valence-electron chi connectivity index (χ3n) is 5.14. The van der Waals surface area contributed by atoms with E-state index in [4.69, 9.17) is 11.6 Å². The number of Topliss-reactive ketones (excluding diaryl/α,β-unsaturated/α-hetero) is 1. The maximum absolute atomic E-state index is 12.6. The zero-order valence-electron chi connectivity index (χ0n) is 15.8. The molecule has 0 aliphatic carbocycles. The van der Waals surface area contributed by atoms with E-state index >= 15 is 0 Å². The monoisotopic (exact) mass is 415 g/mol. The van der Waals surface area contributed by atoms with Crippen molar-refractivity contribution in [2.45, 2.75) is 12.8 Å². The smallest absolute Gasteiger partial charge is 0.269 e. The van der Waals surface area contributed by atoms with E-state index in [0.717, 1.165) is 25.9 Å². The van der Waals surface area contributed by atoms with E-state index in [2.05, 4.69) is 10.2 Å². The van der Waals surface area contributed by atoms with Crippen LogP contribution in [0.5, 0.6) is 0 Å². The van der Waals surface area contributed by atoms with Crippen LogP contribution in [0.25, 0.3) is 0 Å². The molecule has 152 valence electrons. The number of halogens is 1. The molecule has 2 aromatic rings. The van der Waals surface area contributed by atoms with Crippen LogP contribution in [0.1, 0.15) is 33.6 Å². The number of nitro benzene ring substituents is 1. The van der Waals surface area contributed by atoms with Gasteiger partial charge in [-0.1, -0.05) is 11.6 Å². The quantitative estimate of drug-likeness (QED) is 0.424. The molecule has 0 saturated carbocycles. The highest BCUT2D eigenvalue weighted by atomic mass is 35.5. The number of nitrogens with one attached hydrogen (secondary N) is 1. The molecule has 1 aliphatic rings. The molecule has 0 unspecified atom stereocenters. The van der Waals surface area contributed by atoms with Gasteiger partial charge in [0.2, 0.25) is 0 Å². The Morgan fingerprint density at radius 1 is 1.03 bits per heavy atom. The van der Waals surface area contributed by atoms with Gasteiger partial charge >= 0.3 is 0 Å². The number of nitrogens with zero attached hydrogens (tertiary/aromatic N) is 2. The molecule has 1 saturated heterocycles. The van der Waals surface area contributed by atoms with E-state index in [1.807, 2.05) is 0 Å². The molecule has 8 heteroatoms. The molecule has 1 aliphatic heterocycles. The molecule has 1 N–H and O–H groups in total. The van der Waals surface area contributed by atoms with Crippen LogP contribution in [0.3, 0.4) is 0 Å². The zero-order valence-corrected chi connectivity index (χ0v) is 16.6. The molecule has 7 nitrogen and oxygen atoms in total. The van der Waals surface area contributed by atoms with Crippen LogP contribution >= 0.6 is 11.6 Å². The van der Waals surface area contributed by atoms with Crippen molar-refractivity contribution in [3.63, 3.8) is 0 Å². The lowest BCUT2D eigenvalue weighted by Gasteiger charge is -2.31. The Morgan fingerprint density at radius 3 is 2.21 bits per heavy atom. The van der Waals surface area contributed by atoms with Gasteiger partial charge in [-0.05, 0) is 62.3 Å². The average molecular weight is 416 g/mol. The lowest BCUT2D eigenvalue weighted by Crippen LogP contribution is -2.41. The fourth-order valence-electron chi connectivity index (χ4n) is 3.43. The summed E-state index contributed by atoms with van der Waals surface area (Å²) in [5, 5.41) is 14.1. The first kappa shape index (κ1) is 21.0. The highest BCUT2D eigenvalue weighted by Crippen LogP contribution is 2.22. The van der Waals surface area contributed by atoms with Crippen molar-refractivity contribution >= 4 is 29.0 Å². The van der Waals surface area contributed by atoms with Crippen molar-refractivity contribution in [1.82, 2.24) is 10.2 Å². The summed E-state index contributed by atoms with van der Waals surface area (Å²) < 4.78 is 0. The highest BCUT2D eigenvalue weighted by molar-refractivity contribution is 6.30. The number of benzene rings is 2. The average Bonchev–Trinajstić information content (AvgIpc) is 2.74. The number of nitro groups is 1. The second-order valence-electron chi connectivity index (χ2n) is 7.05. The molecule has 2 aromatic carbocycles. The molecule has 0 spiro atoms. The van der Waals surface area contributed by atoms with Crippen LogP contribution in [-0.2, 0) is 0 Å². The van der Waals surface area contributed by atoms with Crippen LogP contribution in [0, 0.1) is 16.0 Å². The third-order valence-corrected chi connectivity index (χ3v) is 5.39. The van der Waals surface area contributed by atoms with Crippen LogP contribution in [0.4, 0.5) is 5.69 Å². The summed E-state index contributed by atoms with van der Waals surface area (Å²) in [5.74, 6) is -0.0809. The summed E-state index contributed by atoms with van der Waals surface area (Å²) in [6.45, 7) is 2.78. The molecule has 0 bridgehead atoms. The summed E-state index contributed by atoms with van der Waals surface area (Å²) in [5.41, 5.74) is 1.05. The Kier molecular flexibility index (Phi) is 6.95. The molecular formula is C21H22ClN3O4. The molecule has 0 radical (unpaired) electrons. The molecule has 0 atom stereocenters. The van der Waals surface area contributed by atoms with Gasteiger partial charge < -0.3 is 10.2 Å². The van der Waals surface area contributed by atoms with Crippen molar-refractivity contribution in [2.75, 3.05) is 26.2 Å². The van der Waals surface area contributed by atoms with Crippen molar-refractivity contribution in [1.29, 1.82) is 0 Å². The second kappa shape index (κ2) is 9.62. The number of hydrogen-bond donors (Lipinski definition) is 1. The van der Waals surface area contributed by atoms with Gasteiger partial charge in [0.1, 0.15) is 0 Å². The van der Waals surface area contributed by atoms with Gasteiger partial charge in [0.15, 0.2) is 5.78 Å². The van der Waals surface area contributed by atoms with Gasteiger partial charge in [0, 0.05) is 47.3 Å². The van der Waals surface area contributed by atoms with Gasteiger partial charge in [0.25, 0.3) is 11.6 Å². The largest absolute Gasteiger partial charge is 0.351 e. The molecular weight excluding hydrogens is 394 g/mol. The fourth-order valence-corrected chi connectivity index (χ4v) is 3.56. The first-order valence-corrected chi connectivity index (χ1v) is 9.86. The molecule has 3 rings (SSSR count). The number of carbonyl (C=O) groups excluding carboxylic acids is 2. The lowest BCUT2D eigenvalue weighted by molar-refractivity contribution is -0.384. The first-order valence-electron chi connectivity index (χ1n) is 9.49. The Bertz CT molecular complexity index is 876. The second-order valence-corrected chi connectivity index (χ2v) is 7.48. The van der Waals surface area contributed by atoms with E-state index in [1.54, 1.807) is 24.3 Å². The van der Waals surface area contributed by atoms with E-state index in [0.29, 0.717) is 29.2 Å². The molecule has 1 heterocycles. The summed E-state index contributed by atoms with van der Waals surface area (Å²) in [6.07, 6.45) is 1.58. The number of rotatable bonds is 7. The summed E-state index contributed by atoms with van der Waals surface area (Å²) in [7, 11) is 0. The van der Waals surface area contributed by atoms with E-state index in [9.17, 15) is 19.7 Å². The van der Waals surface area contributed by atoms with Gasteiger partial charge in [0.05, 0.1) is 4.92 Å². The molecule has 1 fully saturated rings. The molecule has 1 amide bonds. The Morgan fingerprint density at radius 2 is 1.62 bits per heavy atom. The van der Waals surface area contributed by atoms with Crippen molar-refractivity contribution in [2.24, 2.45) is 5.92 Å². The summed E-state index contributed by atoms with van der Waals surface area (Å²) >= 11 is 5.88. The number of carbonyl (C=O) groups is 2. The van der Waals surface area contributed by atoms with E-state index < -0.39 is 4.92 Å².